The molecular formula is C33H52NO4. The molecule has 0 saturated carbocycles. The number of benzene rings is 1. The molecule has 1 aromatic rings. The molecule has 38 heavy (non-hydrogen) atoms. The van der Waals surface area contributed by atoms with E-state index in [0.717, 1.165) is 55.6 Å². The Morgan fingerprint density at radius 3 is 2.13 bits per heavy atom. The van der Waals surface area contributed by atoms with Crippen LogP contribution in [0.1, 0.15) is 147 Å². The molecule has 1 aromatic carbocycles. The van der Waals surface area contributed by atoms with E-state index < -0.39 is 11.1 Å². The zero-order valence-electron chi connectivity index (χ0n) is 24.6. The fourth-order valence-corrected chi connectivity index (χ4v) is 6.28. The molecule has 1 radical (unpaired) electrons. The number of hydrogen-bond acceptors (Lipinski definition) is 4. The van der Waals surface area contributed by atoms with Crippen LogP contribution >= 0.6 is 0 Å². The standard InChI is InChI=1S/C33H52NO4/c1-5-7-9-11-13-15-23-32(3)26-29-30(18-17-24-33(29,4)34(32)36)38-31(35)27-19-21-28(22-20-27)37-25-16-14-12-10-8-6-2/h19-22H,5-18,23-26H2,1-4H3. The van der Waals surface area contributed by atoms with Gasteiger partial charge in [0.2, 0.25) is 0 Å². The molecule has 2 atom stereocenters. The van der Waals surface area contributed by atoms with E-state index in [2.05, 4.69) is 20.8 Å². The van der Waals surface area contributed by atoms with Crippen molar-refractivity contribution >= 4 is 5.97 Å². The minimum absolute atomic E-state index is 0.346. The number of carbonyl (C=O) groups is 1. The van der Waals surface area contributed by atoms with Crippen LogP contribution in [0.2, 0.25) is 0 Å². The number of hydroxylamine groups is 2. The van der Waals surface area contributed by atoms with Crippen molar-refractivity contribution in [2.45, 2.75) is 148 Å². The first-order valence-electron chi connectivity index (χ1n) is 15.5. The second kappa shape index (κ2) is 15.1. The van der Waals surface area contributed by atoms with Gasteiger partial charge in [-0.1, -0.05) is 84.5 Å². The summed E-state index contributed by atoms with van der Waals surface area (Å²) in [7, 11) is 0. The predicted octanol–water partition coefficient (Wildman–Crippen LogP) is 9.34. The highest BCUT2D eigenvalue weighted by molar-refractivity contribution is 5.90. The summed E-state index contributed by atoms with van der Waals surface area (Å²) in [5, 5.41) is 14.9. The van der Waals surface area contributed by atoms with Gasteiger partial charge in [0.25, 0.3) is 0 Å². The highest BCUT2D eigenvalue weighted by atomic mass is 16.5. The van der Waals surface area contributed by atoms with Gasteiger partial charge < -0.3 is 9.47 Å². The van der Waals surface area contributed by atoms with Crippen molar-refractivity contribution in [3.8, 4) is 5.75 Å². The summed E-state index contributed by atoms with van der Waals surface area (Å²) in [6, 6.07) is 7.26. The average molecular weight is 527 g/mol. The lowest BCUT2D eigenvalue weighted by molar-refractivity contribution is -0.253. The third-order valence-electron chi connectivity index (χ3n) is 8.69. The Labute approximate surface area is 231 Å². The highest BCUT2D eigenvalue weighted by Crippen LogP contribution is 2.52. The fourth-order valence-electron chi connectivity index (χ4n) is 6.28. The van der Waals surface area contributed by atoms with Crippen molar-refractivity contribution in [1.29, 1.82) is 0 Å². The number of rotatable bonds is 17. The third-order valence-corrected chi connectivity index (χ3v) is 8.69. The maximum atomic E-state index is 13.6. The third kappa shape index (κ3) is 8.08. The number of nitrogens with zero attached hydrogens (tertiary/aromatic N) is 1. The molecule has 1 aliphatic carbocycles. The van der Waals surface area contributed by atoms with Gasteiger partial charge in [0.1, 0.15) is 11.5 Å². The van der Waals surface area contributed by atoms with Crippen molar-refractivity contribution in [2.75, 3.05) is 6.61 Å². The number of carbonyl (C=O) groups excluding carboxylic acids is 1. The van der Waals surface area contributed by atoms with E-state index >= 15 is 0 Å². The molecule has 0 spiro atoms. The van der Waals surface area contributed by atoms with Crippen LogP contribution in [0.5, 0.6) is 5.75 Å². The summed E-state index contributed by atoms with van der Waals surface area (Å²) < 4.78 is 11.8. The van der Waals surface area contributed by atoms with Gasteiger partial charge in [-0.3, -0.25) is 0 Å². The van der Waals surface area contributed by atoms with Crippen LogP contribution in [0.15, 0.2) is 35.6 Å². The van der Waals surface area contributed by atoms with Crippen LogP contribution in [-0.2, 0) is 9.94 Å². The molecule has 2 aliphatic rings. The van der Waals surface area contributed by atoms with Gasteiger partial charge >= 0.3 is 5.97 Å². The number of unbranched alkanes of at least 4 members (excludes halogenated alkanes) is 10. The Hall–Kier alpha value is -1.85. The van der Waals surface area contributed by atoms with Crippen LogP contribution in [0, 0.1) is 0 Å². The second-order valence-corrected chi connectivity index (χ2v) is 12.0. The molecule has 1 aliphatic heterocycles. The molecule has 5 nitrogen and oxygen atoms in total. The molecule has 5 heteroatoms. The van der Waals surface area contributed by atoms with E-state index in [1.807, 2.05) is 19.1 Å². The highest BCUT2D eigenvalue weighted by Gasteiger charge is 2.56. The lowest BCUT2D eigenvalue weighted by Gasteiger charge is -2.38. The molecule has 213 valence electrons. The Balaban J connectivity index is 1.55. The minimum Gasteiger partial charge on any atom is -0.494 e. The predicted molar refractivity (Wildman–Crippen MR) is 154 cm³/mol. The van der Waals surface area contributed by atoms with Crippen LogP contribution in [0.25, 0.3) is 0 Å². The van der Waals surface area contributed by atoms with E-state index in [9.17, 15) is 10.0 Å². The summed E-state index contributed by atoms with van der Waals surface area (Å²) in [6.45, 7) is 9.32. The molecule has 0 amide bonds. The lowest BCUT2D eigenvalue weighted by atomic mass is 9.81. The second-order valence-electron chi connectivity index (χ2n) is 12.0. The smallest absolute Gasteiger partial charge is 0.343 e. The lowest BCUT2D eigenvalue weighted by Crippen LogP contribution is -2.49. The molecule has 1 saturated heterocycles. The van der Waals surface area contributed by atoms with Gasteiger partial charge in [0.05, 0.1) is 23.2 Å². The number of fused-ring (bicyclic) bond motifs is 1. The van der Waals surface area contributed by atoms with Gasteiger partial charge in [-0.15, -0.1) is 10.3 Å². The van der Waals surface area contributed by atoms with Crippen molar-refractivity contribution in [3.05, 3.63) is 41.2 Å². The molecule has 1 heterocycles. The van der Waals surface area contributed by atoms with Crippen LogP contribution in [-0.4, -0.2) is 28.7 Å². The zero-order valence-corrected chi connectivity index (χ0v) is 24.6. The van der Waals surface area contributed by atoms with E-state index in [0.29, 0.717) is 18.6 Å². The van der Waals surface area contributed by atoms with Crippen LogP contribution in [0.3, 0.4) is 0 Å². The van der Waals surface area contributed by atoms with Gasteiger partial charge in [0.15, 0.2) is 0 Å². The number of allylic oxidation sites excluding steroid dienone is 1. The van der Waals surface area contributed by atoms with Crippen molar-refractivity contribution in [3.63, 3.8) is 0 Å². The first-order chi connectivity index (χ1) is 18.3. The van der Waals surface area contributed by atoms with E-state index in [4.69, 9.17) is 9.47 Å². The Kier molecular flexibility index (Phi) is 12.2. The monoisotopic (exact) mass is 526 g/mol. The summed E-state index contributed by atoms with van der Waals surface area (Å²) in [4.78, 5) is 13.1. The largest absolute Gasteiger partial charge is 0.494 e. The molecule has 2 unspecified atom stereocenters. The summed E-state index contributed by atoms with van der Waals surface area (Å²) in [6.07, 6.45) is 18.7. The van der Waals surface area contributed by atoms with E-state index in [1.54, 1.807) is 12.1 Å². The van der Waals surface area contributed by atoms with E-state index in [-0.39, 0.29) is 5.97 Å². The van der Waals surface area contributed by atoms with Gasteiger partial charge in [-0.25, -0.2) is 4.79 Å². The molecule has 0 aromatic heterocycles. The molecule has 3 rings (SSSR count). The number of esters is 1. The number of hydrogen-bond donors (Lipinski definition) is 0. The topological polar surface area (TPSA) is 58.7 Å². The van der Waals surface area contributed by atoms with Gasteiger partial charge in [-0.2, -0.15) is 0 Å². The van der Waals surface area contributed by atoms with E-state index in [1.165, 1.54) is 69.3 Å². The molecular weight excluding hydrogens is 474 g/mol. The molecule has 1 fully saturated rings. The Morgan fingerprint density at radius 1 is 0.868 bits per heavy atom. The van der Waals surface area contributed by atoms with Crippen LogP contribution in [0.4, 0.5) is 0 Å². The normalized spacial score (nSPS) is 23.5. The number of ether oxygens (including phenoxy) is 2. The summed E-state index contributed by atoms with van der Waals surface area (Å²) in [5.41, 5.74) is 0.564. The summed E-state index contributed by atoms with van der Waals surface area (Å²) in [5.74, 6) is 1.16. The van der Waals surface area contributed by atoms with Crippen molar-refractivity contribution < 1.29 is 19.5 Å². The first kappa shape index (κ1) is 30.7. The van der Waals surface area contributed by atoms with Crippen molar-refractivity contribution in [1.82, 2.24) is 5.06 Å². The maximum absolute atomic E-state index is 13.6. The SMILES string of the molecule is CCCCCCCCOc1ccc(C(=O)OC2=C3CC(C)(CCCCCCCC)N([O])C3(C)CCC2)cc1. The van der Waals surface area contributed by atoms with Crippen LogP contribution < -0.4 is 4.74 Å². The van der Waals surface area contributed by atoms with Gasteiger partial charge in [-0.05, 0) is 75.8 Å². The molecule has 0 N–H and O–H groups in total. The minimum atomic E-state index is -0.570. The fraction of sp³-hybridized carbons (Fsp3) is 0.727. The quantitative estimate of drug-likeness (QED) is 0.150. The Morgan fingerprint density at radius 2 is 1.47 bits per heavy atom. The average Bonchev–Trinajstić information content (AvgIpc) is 3.12. The maximum Gasteiger partial charge on any atom is 0.343 e. The molecule has 0 bridgehead atoms. The van der Waals surface area contributed by atoms with Gasteiger partial charge in [0, 0.05) is 6.42 Å². The zero-order chi connectivity index (χ0) is 27.4. The Bertz CT molecular complexity index is 895. The first-order valence-corrected chi connectivity index (χ1v) is 15.5. The van der Waals surface area contributed by atoms with Crippen molar-refractivity contribution in [2.24, 2.45) is 0 Å². The summed E-state index contributed by atoms with van der Waals surface area (Å²) >= 11 is 0.